The van der Waals surface area contributed by atoms with Crippen LogP contribution < -0.4 is 11.1 Å². The van der Waals surface area contributed by atoms with E-state index in [0.717, 1.165) is 56.2 Å². The summed E-state index contributed by atoms with van der Waals surface area (Å²) < 4.78 is 0. The number of likely N-dealkylation sites (tertiary alicyclic amines) is 1. The van der Waals surface area contributed by atoms with Crippen LogP contribution in [0.3, 0.4) is 0 Å². The Labute approximate surface area is 206 Å². The summed E-state index contributed by atoms with van der Waals surface area (Å²) in [7, 11) is 0. The van der Waals surface area contributed by atoms with Crippen LogP contribution in [0.5, 0.6) is 0 Å². The summed E-state index contributed by atoms with van der Waals surface area (Å²) in [5.74, 6) is 1.70. The molecule has 6 heteroatoms. The number of nitrogens with two attached hydrogens (primary N) is 1. The highest BCUT2D eigenvalue weighted by Gasteiger charge is 2.24. The Kier molecular flexibility index (Phi) is 10.0. The maximum absolute atomic E-state index is 8.69. The predicted molar refractivity (Wildman–Crippen MR) is 143 cm³/mol. The smallest absolute Gasteiger partial charge is 0.151 e. The molecular formula is C28H44N6. The van der Waals surface area contributed by atoms with E-state index in [4.69, 9.17) is 16.1 Å². The van der Waals surface area contributed by atoms with E-state index in [1.165, 1.54) is 24.8 Å². The van der Waals surface area contributed by atoms with Gasteiger partial charge in [0.15, 0.2) is 5.82 Å². The predicted octanol–water partition coefficient (Wildman–Crippen LogP) is 5.17. The van der Waals surface area contributed by atoms with Crippen LogP contribution in [0.1, 0.15) is 71.1 Å². The molecule has 6 nitrogen and oxygen atoms in total. The fraction of sp³-hybridized carbons (Fsp3) is 0.607. The fourth-order valence-corrected chi connectivity index (χ4v) is 4.84. The van der Waals surface area contributed by atoms with Crippen LogP contribution >= 0.6 is 0 Å². The molecule has 2 aromatic rings. The van der Waals surface area contributed by atoms with E-state index >= 15 is 0 Å². The largest absolute Gasteiger partial charge is 0.382 e. The fourth-order valence-electron chi connectivity index (χ4n) is 4.84. The quantitative estimate of drug-likeness (QED) is 0.298. The maximum Gasteiger partial charge on any atom is 0.151 e. The highest BCUT2D eigenvalue weighted by molar-refractivity contribution is 6.00. The van der Waals surface area contributed by atoms with Gasteiger partial charge in [-0.2, -0.15) is 0 Å². The Hall–Kier alpha value is -2.31. The Balaban J connectivity index is 1.58. The van der Waals surface area contributed by atoms with Crippen molar-refractivity contribution < 1.29 is 0 Å². The molecule has 0 aliphatic carbocycles. The molecular weight excluding hydrogens is 420 g/mol. The number of hydrogen-bond donors (Lipinski definition) is 3. The third-order valence-corrected chi connectivity index (χ3v) is 6.83. The Morgan fingerprint density at radius 2 is 2.00 bits per heavy atom. The van der Waals surface area contributed by atoms with Gasteiger partial charge in [0.1, 0.15) is 5.69 Å². The lowest BCUT2D eigenvalue weighted by Gasteiger charge is -2.37. The van der Waals surface area contributed by atoms with Gasteiger partial charge in [-0.25, -0.2) is 9.97 Å². The van der Waals surface area contributed by atoms with E-state index < -0.39 is 0 Å². The zero-order valence-electron chi connectivity index (χ0n) is 21.6. The van der Waals surface area contributed by atoms with Gasteiger partial charge in [0.2, 0.25) is 0 Å². The van der Waals surface area contributed by atoms with Crippen LogP contribution in [0.15, 0.2) is 30.5 Å². The van der Waals surface area contributed by atoms with Gasteiger partial charge in [-0.05, 0) is 82.5 Å². The minimum Gasteiger partial charge on any atom is -0.382 e. The molecule has 2 unspecified atom stereocenters. The van der Waals surface area contributed by atoms with E-state index in [2.05, 4.69) is 67.2 Å². The number of benzene rings is 1. The SMILES string of the molecule is CCCNCC1CCCN(C(C)CCC(=N)c2nc(-c3ccc(CC(C)C)cc3)cnc2N)C1. The summed E-state index contributed by atoms with van der Waals surface area (Å²) in [6, 6.07) is 8.94. The molecule has 0 bridgehead atoms. The van der Waals surface area contributed by atoms with E-state index in [9.17, 15) is 0 Å². The second-order valence-electron chi connectivity index (χ2n) is 10.4. The minimum atomic E-state index is 0.345. The van der Waals surface area contributed by atoms with Gasteiger partial charge in [-0.3, -0.25) is 0 Å². The topological polar surface area (TPSA) is 90.9 Å². The Bertz CT molecular complexity index is 908. The molecule has 3 rings (SSSR count). The molecule has 34 heavy (non-hydrogen) atoms. The highest BCUT2D eigenvalue weighted by Crippen LogP contribution is 2.23. The van der Waals surface area contributed by atoms with Gasteiger partial charge in [0.05, 0.1) is 17.6 Å². The summed E-state index contributed by atoms with van der Waals surface area (Å²) in [5, 5.41) is 12.3. The molecule has 1 aliphatic rings. The molecule has 0 amide bonds. The average molecular weight is 465 g/mol. The van der Waals surface area contributed by atoms with Crippen molar-refractivity contribution in [1.29, 1.82) is 5.41 Å². The lowest BCUT2D eigenvalue weighted by atomic mass is 9.95. The van der Waals surface area contributed by atoms with Crippen LogP contribution in [-0.2, 0) is 6.42 Å². The number of piperidine rings is 1. The van der Waals surface area contributed by atoms with Crippen molar-refractivity contribution in [3.63, 3.8) is 0 Å². The number of aromatic nitrogens is 2. The van der Waals surface area contributed by atoms with Crippen molar-refractivity contribution in [3.05, 3.63) is 41.7 Å². The lowest BCUT2D eigenvalue weighted by Crippen LogP contribution is -2.44. The second-order valence-corrected chi connectivity index (χ2v) is 10.4. The summed E-state index contributed by atoms with van der Waals surface area (Å²) in [5.41, 5.74) is 10.3. The van der Waals surface area contributed by atoms with Gasteiger partial charge in [-0.15, -0.1) is 0 Å². The first-order chi connectivity index (χ1) is 16.4. The van der Waals surface area contributed by atoms with E-state index in [-0.39, 0.29) is 0 Å². The molecule has 1 aromatic heterocycles. The van der Waals surface area contributed by atoms with Crippen LogP contribution in [0.25, 0.3) is 11.3 Å². The van der Waals surface area contributed by atoms with E-state index in [1.54, 1.807) is 6.20 Å². The van der Waals surface area contributed by atoms with Crippen LogP contribution in [0.2, 0.25) is 0 Å². The summed E-state index contributed by atoms with van der Waals surface area (Å²) in [6.45, 7) is 13.5. The summed E-state index contributed by atoms with van der Waals surface area (Å²) in [6.07, 6.45) is 8.13. The standard InChI is InChI=1S/C28H44N6/c1-5-14-31-17-23-7-6-15-34(19-23)21(4)8-13-25(29)27-28(30)32-18-26(33-27)24-11-9-22(10-12-24)16-20(2)3/h9-12,18,20-21,23,29,31H,5-8,13-17,19H2,1-4H3,(H2,30,32). The monoisotopic (exact) mass is 464 g/mol. The molecule has 2 heterocycles. The molecule has 0 radical (unpaired) electrons. The zero-order chi connectivity index (χ0) is 24.5. The number of nitrogen functional groups attached to an aromatic ring is 1. The lowest BCUT2D eigenvalue weighted by molar-refractivity contribution is 0.126. The third-order valence-electron chi connectivity index (χ3n) is 6.83. The van der Waals surface area contributed by atoms with Crippen molar-refractivity contribution in [3.8, 4) is 11.3 Å². The first-order valence-corrected chi connectivity index (χ1v) is 13.1. The number of rotatable bonds is 12. The highest BCUT2D eigenvalue weighted by atomic mass is 15.2. The summed E-state index contributed by atoms with van der Waals surface area (Å²) >= 11 is 0. The van der Waals surface area contributed by atoms with E-state index in [1.807, 2.05) is 0 Å². The molecule has 1 aliphatic heterocycles. The van der Waals surface area contributed by atoms with Crippen LogP contribution in [-0.4, -0.2) is 52.8 Å². The normalized spacial score (nSPS) is 17.7. The van der Waals surface area contributed by atoms with Gasteiger partial charge < -0.3 is 21.4 Å². The molecule has 1 aromatic carbocycles. The van der Waals surface area contributed by atoms with Crippen LogP contribution in [0, 0.1) is 17.2 Å². The van der Waals surface area contributed by atoms with Crippen molar-refractivity contribution in [2.24, 2.45) is 11.8 Å². The maximum atomic E-state index is 8.69. The van der Waals surface area contributed by atoms with E-state index in [0.29, 0.717) is 35.6 Å². The number of hydrogen-bond acceptors (Lipinski definition) is 6. The third kappa shape index (κ3) is 7.60. The van der Waals surface area contributed by atoms with Gasteiger partial charge in [-0.1, -0.05) is 45.0 Å². The first kappa shape index (κ1) is 26.3. The number of nitrogens with one attached hydrogen (secondary N) is 2. The molecule has 1 fully saturated rings. The van der Waals surface area contributed by atoms with Gasteiger partial charge in [0, 0.05) is 18.2 Å². The minimum absolute atomic E-state index is 0.345. The first-order valence-electron chi connectivity index (χ1n) is 13.1. The Morgan fingerprint density at radius 3 is 2.71 bits per heavy atom. The molecule has 4 N–H and O–H groups in total. The molecule has 0 saturated carbocycles. The molecule has 1 saturated heterocycles. The molecule has 0 spiro atoms. The molecule has 2 atom stereocenters. The van der Waals surface area contributed by atoms with Crippen molar-refractivity contribution in [2.45, 2.75) is 72.3 Å². The Morgan fingerprint density at radius 1 is 1.24 bits per heavy atom. The van der Waals surface area contributed by atoms with Crippen molar-refractivity contribution >= 4 is 11.5 Å². The van der Waals surface area contributed by atoms with Crippen LogP contribution in [0.4, 0.5) is 5.82 Å². The van der Waals surface area contributed by atoms with Crippen molar-refractivity contribution in [1.82, 2.24) is 20.2 Å². The van der Waals surface area contributed by atoms with Crippen molar-refractivity contribution in [2.75, 3.05) is 31.9 Å². The summed E-state index contributed by atoms with van der Waals surface area (Å²) in [4.78, 5) is 11.7. The molecule has 186 valence electrons. The zero-order valence-corrected chi connectivity index (χ0v) is 21.6. The number of anilines is 1. The number of nitrogens with zero attached hydrogens (tertiary/aromatic N) is 3. The average Bonchev–Trinajstić information content (AvgIpc) is 2.83. The second kappa shape index (κ2) is 13.0. The van der Waals surface area contributed by atoms with Gasteiger partial charge >= 0.3 is 0 Å². The van der Waals surface area contributed by atoms with Gasteiger partial charge in [0.25, 0.3) is 0 Å².